The Labute approximate surface area is 123 Å². The Morgan fingerprint density at radius 1 is 1.40 bits per heavy atom. The number of carbonyl (C=O) groups is 1. The van der Waals surface area contributed by atoms with Crippen LogP contribution in [0, 0.1) is 11.8 Å². The lowest BCUT2D eigenvalue weighted by molar-refractivity contribution is -0.133. The van der Waals surface area contributed by atoms with E-state index in [4.69, 9.17) is 5.11 Å². The Bertz CT molecular complexity index is 282. The summed E-state index contributed by atoms with van der Waals surface area (Å²) in [6.45, 7) is 9.40. The third-order valence-corrected chi connectivity index (χ3v) is 4.12. The highest BCUT2D eigenvalue weighted by atomic mass is 16.2. The fourth-order valence-corrected chi connectivity index (χ4v) is 2.94. The number of likely N-dealkylation sites (tertiary alicyclic amines) is 1. The summed E-state index contributed by atoms with van der Waals surface area (Å²) in [6, 6.07) is 0.418. The quantitative estimate of drug-likeness (QED) is 0.717. The van der Waals surface area contributed by atoms with Gasteiger partial charge in [-0.05, 0) is 44.1 Å². The van der Waals surface area contributed by atoms with Crippen molar-refractivity contribution in [3.8, 4) is 0 Å². The van der Waals surface area contributed by atoms with Crippen molar-refractivity contribution in [1.29, 1.82) is 0 Å². The molecule has 1 amide bonds. The van der Waals surface area contributed by atoms with Crippen molar-refractivity contribution in [3.63, 3.8) is 0 Å². The van der Waals surface area contributed by atoms with E-state index in [1.54, 1.807) is 0 Å². The number of carbonyl (C=O) groups excluding carboxylic acids is 1. The van der Waals surface area contributed by atoms with Crippen LogP contribution in [-0.4, -0.2) is 48.2 Å². The molecule has 2 atom stereocenters. The third-order valence-electron chi connectivity index (χ3n) is 4.12. The molecule has 2 N–H and O–H groups in total. The summed E-state index contributed by atoms with van der Waals surface area (Å²) in [5, 5.41) is 12.6. The fourth-order valence-electron chi connectivity index (χ4n) is 2.94. The zero-order chi connectivity index (χ0) is 15.0. The maximum atomic E-state index is 12.0. The molecule has 1 aliphatic rings. The van der Waals surface area contributed by atoms with Gasteiger partial charge in [0.25, 0.3) is 0 Å². The van der Waals surface area contributed by atoms with Crippen LogP contribution in [0.2, 0.25) is 0 Å². The molecular formula is C16H32N2O2. The normalized spacial score (nSPS) is 23.4. The van der Waals surface area contributed by atoms with E-state index >= 15 is 0 Å². The number of nitrogens with zero attached hydrogens (tertiary/aromatic N) is 1. The number of amides is 1. The smallest absolute Gasteiger partial charge is 0.222 e. The highest BCUT2D eigenvalue weighted by Gasteiger charge is 2.28. The molecule has 0 aliphatic carbocycles. The van der Waals surface area contributed by atoms with Gasteiger partial charge in [0.1, 0.15) is 0 Å². The monoisotopic (exact) mass is 284 g/mol. The third kappa shape index (κ3) is 6.23. The molecule has 1 fully saturated rings. The van der Waals surface area contributed by atoms with Crippen molar-refractivity contribution in [2.75, 3.05) is 26.2 Å². The lowest BCUT2D eigenvalue weighted by Crippen LogP contribution is -2.51. The van der Waals surface area contributed by atoms with Crippen LogP contribution < -0.4 is 5.32 Å². The van der Waals surface area contributed by atoms with Gasteiger partial charge < -0.3 is 15.3 Å². The van der Waals surface area contributed by atoms with Crippen LogP contribution in [0.4, 0.5) is 0 Å². The molecule has 20 heavy (non-hydrogen) atoms. The van der Waals surface area contributed by atoms with E-state index in [9.17, 15) is 4.79 Å². The number of nitrogens with one attached hydrogen (secondary N) is 1. The average Bonchev–Trinajstić information content (AvgIpc) is 2.43. The molecule has 0 aromatic heterocycles. The van der Waals surface area contributed by atoms with Crippen molar-refractivity contribution in [3.05, 3.63) is 0 Å². The lowest BCUT2D eigenvalue weighted by atomic mass is 9.90. The zero-order valence-electron chi connectivity index (χ0n) is 13.4. The predicted molar refractivity (Wildman–Crippen MR) is 82.5 cm³/mol. The van der Waals surface area contributed by atoms with Gasteiger partial charge in [0, 0.05) is 32.2 Å². The van der Waals surface area contributed by atoms with Crippen LogP contribution in [0.1, 0.15) is 52.9 Å². The highest BCUT2D eigenvalue weighted by Crippen LogP contribution is 2.22. The summed E-state index contributed by atoms with van der Waals surface area (Å²) in [5.74, 6) is 1.50. The number of aliphatic hydroxyl groups excluding tert-OH is 1. The molecule has 0 radical (unpaired) electrons. The molecule has 4 nitrogen and oxygen atoms in total. The molecular weight excluding hydrogens is 252 g/mol. The minimum absolute atomic E-state index is 0.254. The molecule has 0 saturated carbocycles. The minimum Gasteiger partial charge on any atom is -0.396 e. The van der Waals surface area contributed by atoms with Crippen molar-refractivity contribution in [2.24, 2.45) is 11.8 Å². The molecule has 0 aromatic carbocycles. The standard InChI is InChI=1S/C16H32N2O2/c1-4-16(20)18-11-14(6-5-9-19)10-15(12-18)17-8-7-13(2)3/h13-15,17,19H,4-12H2,1-3H3. The first-order valence-electron chi connectivity index (χ1n) is 8.18. The molecule has 0 bridgehead atoms. The number of rotatable bonds is 8. The second kappa shape index (κ2) is 9.35. The van der Waals surface area contributed by atoms with Gasteiger partial charge in [-0.25, -0.2) is 0 Å². The van der Waals surface area contributed by atoms with E-state index in [0.717, 1.165) is 38.9 Å². The molecule has 0 spiro atoms. The molecule has 4 heteroatoms. The molecule has 1 rings (SSSR count). The first-order valence-corrected chi connectivity index (χ1v) is 8.18. The Kier molecular flexibility index (Phi) is 8.15. The van der Waals surface area contributed by atoms with E-state index < -0.39 is 0 Å². The average molecular weight is 284 g/mol. The number of piperidine rings is 1. The highest BCUT2D eigenvalue weighted by molar-refractivity contribution is 5.76. The second-order valence-electron chi connectivity index (χ2n) is 6.45. The van der Waals surface area contributed by atoms with Crippen LogP contribution in [-0.2, 0) is 4.79 Å². The summed E-state index contributed by atoms with van der Waals surface area (Å²) in [6.07, 6.45) is 4.76. The first-order chi connectivity index (χ1) is 9.56. The molecule has 1 heterocycles. The van der Waals surface area contributed by atoms with Gasteiger partial charge in [0.15, 0.2) is 0 Å². The van der Waals surface area contributed by atoms with Gasteiger partial charge in [-0.3, -0.25) is 4.79 Å². The van der Waals surface area contributed by atoms with Crippen LogP contribution in [0.3, 0.4) is 0 Å². The number of hydrogen-bond donors (Lipinski definition) is 2. The van der Waals surface area contributed by atoms with Gasteiger partial charge >= 0.3 is 0 Å². The summed E-state index contributed by atoms with van der Waals surface area (Å²) < 4.78 is 0. The maximum absolute atomic E-state index is 12.0. The Morgan fingerprint density at radius 3 is 2.75 bits per heavy atom. The predicted octanol–water partition coefficient (Wildman–Crippen LogP) is 2.02. The van der Waals surface area contributed by atoms with Crippen molar-refractivity contribution >= 4 is 5.91 Å². The summed E-state index contributed by atoms with van der Waals surface area (Å²) in [5.41, 5.74) is 0. The first kappa shape index (κ1) is 17.4. The minimum atomic E-state index is 0.254. The Balaban J connectivity index is 2.48. The van der Waals surface area contributed by atoms with Gasteiger partial charge in [0.05, 0.1) is 0 Å². The number of hydrogen-bond acceptors (Lipinski definition) is 3. The summed E-state index contributed by atoms with van der Waals surface area (Å²) >= 11 is 0. The molecule has 1 saturated heterocycles. The lowest BCUT2D eigenvalue weighted by Gasteiger charge is -2.38. The maximum Gasteiger partial charge on any atom is 0.222 e. The van der Waals surface area contributed by atoms with Crippen LogP contribution in [0.25, 0.3) is 0 Å². The van der Waals surface area contributed by atoms with E-state index in [1.807, 2.05) is 11.8 Å². The van der Waals surface area contributed by atoms with E-state index in [1.165, 1.54) is 6.42 Å². The van der Waals surface area contributed by atoms with Crippen molar-refractivity contribution in [2.45, 2.75) is 58.9 Å². The van der Waals surface area contributed by atoms with Crippen LogP contribution in [0.15, 0.2) is 0 Å². The summed E-state index contributed by atoms with van der Waals surface area (Å²) in [4.78, 5) is 14.0. The topological polar surface area (TPSA) is 52.6 Å². The van der Waals surface area contributed by atoms with Gasteiger partial charge in [-0.15, -0.1) is 0 Å². The molecule has 118 valence electrons. The van der Waals surface area contributed by atoms with E-state index in [0.29, 0.717) is 24.3 Å². The van der Waals surface area contributed by atoms with Crippen LogP contribution >= 0.6 is 0 Å². The van der Waals surface area contributed by atoms with Gasteiger partial charge in [-0.1, -0.05) is 20.8 Å². The van der Waals surface area contributed by atoms with Gasteiger partial charge in [-0.2, -0.15) is 0 Å². The van der Waals surface area contributed by atoms with E-state index in [-0.39, 0.29) is 12.5 Å². The largest absolute Gasteiger partial charge is 0.396 e. The zero-order valence-corrected chi connectivity index (χ0v) is 13.4. The number of aliphatic hydroxyl groups is 1. The van der Waals surface area contributed by atoms with Crippen molar-refractivity contribution in [1.82, 2.24) is 10.2 Å². The van der Waals surface area contributed by atoms with Crippen molar-refractivity contribution < 1.29 is 9.90 Å². The Hall–Kier alpha value is -0.610. The fraction of sp³-hybridized carbons (Fsp3) is 0.938. The molecule has 2 unspecified atom stereocenters. The van der Waals surface area contributed by atoms with Gasteiger partial charge in [0.2, 0.25) is 5.91 Å². The SMILES string of the molecule is CCC(=O)N1CC(CCCO)CC(NCCC(C)C)C1. The molecule has 1 aliphatic heterocycles. The Morgan fingerprint density at radius 2 is 2.15 bits per heavy atom. The second-order valence-corrected chi connectivity index (χ2v) is 6.45. The summed E-state index contributed by atoms with van der Waals surface area (Å²) in [7, 11) is 0. The van der Waals surface area contributed by atoms with Crippen LogP contribution in [0.5, 0.6) is 0 Å². The molecule has 0 aromatic rings. The van der Waals surface area contributed by atoms with E-state index in [2.05, 4.69) is 19.2 Å².